The molecule has 6 nitrogen and oxygen atoms in total. The van der Waals surface area contributed by atoms with Crippen molar-refractivity contribution in [2.75, 3.05) is 10.6 Å². The van der Waals surface area contributed by atoms with Crippen LogP contribution < -0.4 is 10.6 Å². The van der Waals surface area contributed by atoms with Crippen LogP contribution in [0, 0.1) is 0 Å². The number of nitrogens with one attached hydrogen (secondary N) is 2. The molecule has 2 amide bonds. The average molecular weight is 378 g/mol. The van der Waals surface area contributed by atoms with Gasteiger partial charge in [-0.1, -0.05) is 6.07 Å². The second-order valence-corrected chi connectivity index (χ2v) is 7.29. The molecule has 136 valence electrons. The van der Waals surface area contributed by atoms with E-state index >= 15 is 0 Å². The van der Waals surface area contributed by atoms with Gasteiger partial charge in [0.05, 0.1) is 17.8 Å². The summed E-state index contributed by atoms with van der Waals surface area (Å²) >= 11 is 1.62. The average Bonchev–Trinajstić information content (AvgIpc) is 3.26. The van der Waals surface area contributed by atoms with Crippen molar-refractivity contribution in [1.29, 1.82) is 0 Å². The van der Waals surface area contributed by atoms with Crippen molar-refractivity contribution in [2.45, 2.75) is 19.6 Å². The zero-order valence-corrected chi connectivity index (χ0v) is 15.5. The Balaban J connectivity index is 1.61. The lowest BCUT2D eigenvalue weighted by Gasteiger charge is -2.26. The molecule has 0 aliphatic carbocycles. The third-order valence-electron chi connectivity index (χ3n) is 4.32. The smallest absolute Gasteiger partial charge is 0.258 e. The number of carbonyl (C=O) groups excluding carboxylic acids is 2. The molecule has 0 saturated heterocycles. The van der Waals surface area contributed by atoms with Gasteiger partial charge < -0.3 is 15.5 Å². The van der Waals surface area contributed by atoms with Gasteiger partial charge in [-0.25, -0.2) is 0 Å². The monoisotopic (exact) mass is 378 g/mol. The zero-order chi connectivity index (χ0) is 18.8. The SMILES string of the molecule is CC(=O)Nc1ccc(N[C@H]2c3ncccc3C(=O)N2Cc2cccs2)cc1. The Labute approximate surface area is 160 Å². The third-order valence-corrected chi connectivity index (χ3v) is 5.18. The molecule has 1 aromatic carbocycles. The van der Waals surface area contributed by atoms with E-state index in [9.17, 15) is 9.59 Å². The minimum Gasteiger partial charge on any atom is -0.360 e. The Morgan fingerprint density at radius 3 is 2.63 bits per heavy atom. The summed E-state index contributed by atoms with van der Waals surface area (Å²) in [4.78, 5) is 31.4. The number of carbonyl (C=O) groups is 2. The molecule has 7 heteroatoms. The van der Waals surface area contributed by atoms with Crippen molar-refractivity contribution in [1.82, 2.24) is 9.88 Å². The minimum atomic E-state index is -0.345. The van der Waals surface area contributed by atoms with Gasteiger partial charge >= 0.3 is 0 Å². The first-order chi connectivity index (χ1) is 13.1. The maximum atomic E-state index is 12.9. The van der Waals surface area contributed by atoms with Crippen molar-refractivity contribution >= 4 is 34.5 Å². The predicted molar refractivity (Wildman–Crippen MR) is 106 cm³/mol. The molecule has 0 fully saturated rings. The number of amides is 2. The van der Waals surface area contributed by atoms with Crippen LogP contribution in [0.15, 0.2) is 60.1 Å². The molecule has 1 atom stereocenters. The molecule has 1 aliphatic rings. The lowest BCUT2D eigenvalue weighted by atomic mass is 10.2. The number of hydrogen-bond donors (Lipinski definition) is 2. The fourth-order valence-electron chi connectivity index (χ4n) is 3.13. The normalized spacial score (nSPS) is 15.5. The van der Waals surface area contributed by atoms with Crippen molar-refractivity contribution in [3.63, 3.8) is 0 Å². The molecule has 0 saturated carbocycles. The molecular formula is C20H18N4O2S. The largest absolute Gasteiger partial charge is 0.360 e. The van der Waals surface area contributed by atoms with Crippen LogP contribution in [-0.2, 0) is 11.3 Å². The van der Waals surface area contributed by atoms with E-state index in [1.165, 1.54) is 6.92 Å². The number of hydrogen-bond acceptors (Lipinski definition) is 5. The van der Waals surface area contributed by atoms with Crippen LogP contribution >= 0.6 is 11.3 Å². The second kappa shape index (κ2) is 7.20. The summed E-state index contributed by atoms with van der Waals surface area (Å²) < 4.78 is 0. The lowest BCUT2D eigenvalue weighted by molar-refractivity contribution is -0.114. The van der Waals surface area contributed by atoms with E-state index in [1.54, 1.807) is 28.5 Å². The van der Waals surface area contributed by atoms with E-state index in [4.69, 9.17) is 0 Å². The Kier molecular flexibility index (Phi) is 4.60. The molecule has 0 radical (unpaired) electrons. The van der Waals surface area contributed by atoms with Gasteiger partial charge in [0.2, 0.25) is 5.91 Å². The van der Waals surface area contributed by atoms with Gasteiger partial charge in [0.1, 0.15) is 6.17 Å². The van der Waals surface area contributed by atoms with Crippen LogP contribution in [0.2, 0.25) is 0 Å². The molecule has 0 spiro atoms. The number of anilines is 2. The van der Waals surface area contributed by atoms with Gasteiger partial charge in [-0.15, -0.1) is 11.3 Å². The predicted octanol–water partition coefficient (Wildman–Crippen LogP) is 3.87. The first-order valence-corrected chi connectivity index (χ1v) is 9.42. The van der Waals surface area contributed by atoms with E-state index in [-0.39, 0.29) is 18.0 Å². The number of nitrogens with zero attached hydrogens (tertiary/aromatic N) is 2. The fraction of sp³-hybridized carbons (Fsp3) is 0.150. The summed E-state index contributed by atoms with van der Waals surface area (Å²) in [5, 5.41) is 8.15. The quantitative estimate of drug-likeness (QED) is 0.707. The van der Waals surface area contributed by atoms with Crippen LogP contribution in [0.1, 0.15) is 34.0 Å². The molecule has 4 rings (SSSR count). The summed E-state index contributed by atoms with van der Waals surface area (Å²) in [7, 11) is 0. The van der Waals surface area contributed by atoms with E-state index in [1.807, 2.05) is 47.8 Å². The van der Waals surface area contributed by atoms with Crippen molar-refractivity contribution in [2.24, 2.45) is 0 Å². The molecule has 1 aliphatic heterocycles. The summed E-state index contributed by atoms with van der Waals surface area (Å²) in [6, 6.07) is 15.0. The topological polar surface area (TPSA) is 74.3 Å². The lowest BCUT2D eigenvalue weighted by Crippen LogP contribution is -2.31. The van der Waals surface area contributed by atoms with Crippen molar-refractivity contribution in [3.05, 3.63) is 76.2 Å². The molecule has 3 heterocycles. The second-order valence-electron chi connectivity index (χ2n) is 6.25. The Bertz CT molecular complexity index is 970. The van der Waals surface area contributed by atoms with E-state index < -0.39 is 0 Å². The highest BCUT2D eigenvalue weighted by Gasteiger charge is 2.38. The van der Waals surface area contributed by atoms with E-state index in [0.29, 0.717) is 12.1 Å². The van der Waals surface area contributed by atoms with Crippen molar-refractivity contribution in [3.8, 4) is 0 Å². The van der Waals surface area contributed by atoms with E-state index in [2.05, 4.69) is 15.6 Å². The van der Waals surface area contributed by atoms with Gasteiger partial charge in [-0.05, 0) is 47.8 Å². The molecule has 2 aromatic heterocycles. The molecule has 0 bridgehead atoms. The fourth-order valence-corrected chi connectivity index (χ4v) is 3.83. The van der Waals surface area contributed by atoms with Gasteiger partial charge in [0.15, 0.2) is 0 Å². The summed E-state index contributed by atoms with van der Waals surface area (Å²) in [5.74, 6) is -0.142. The highest BCUT2D eigenvalue weighted by atomic mass is 32.1. The van der Waals surface area contributed by atoms with Crippen LogP contribution in [-0.4, -0.2) is 21.7 Å². The molecule has 0 unspecified atom stereocenters. The van der Waals surface area contributed by atoms with Crippen LogP contribution in [0.4, 0.5) is 11.4 Å². The first-order valence-electron chi connectivity index (χ1n) is 8.54. The van der Waals surface area contributed by atoms with E-state index in [0.717, 1.165) is 21.9 Å². The molecular weight excluding hydrogens is 360 g/mol. The summed E-state index contributed by atoms with van der Waals surface area (Å²) in [6.45, 7) is 2.00. The standard InChI is InChI=1S/C20H18N4O2S/c1-13(25)22-14-6-8-15(9-7-14)23-19-18-17(5-2-10-21-18)20(26)24(19)12-16-4-3-11-27-16/h2-11,19,23H,12H2,1H3,(H,22,25)/t19-/m1/s1. The Hall–Kier alpha value is -3.19. The number of fused-ring (bicyclic) bond motifs is 1. The number of benzene rings is 1. The summed E-state index contributed by atoms with van der Waals surface area (Å²) in [5.41, 5.74) is 2.92. The molecule has 2 N–H and O–H groups in total. The highest BCUT2D eigenvalue weighted by Crippen LogP contribution is 2.34. The van der Waals surface area contributed by atoms with Crippen molar-refractivity contribution < 1.29 is 9.59 Å². The van der Waals surface area contributed by atoms with Gasteiger partial charge in [0, 0.05) is 29.4 Å². The molecule has 27 heavy (non-hydrogen) atoms. The summed E-state index contributed by atoms with van der Waals surface area (Å²) in [6.07, 6.45) is 1.36. The third kappa shape index (κ3) is 3.54. The van der Waals surface area contributed by atoms with Gasteiger partial charge in [-0.3, -0.25) is 14.6 Å². The number of pyridine rings is 1. The van der Waals surface area contributed by atoms with Crippen LogP contribution in [0.5, 0.6) is 0 Å². The van der Waals surface area contributed by atoms with Crippen LogP contribution in [0.25, 0.3) is 0 Å². The minimum absolute atomic E-state index is 0.0288. The highest BCUT2D eigenvalue weighted by molar-refractivity contribution is 7.09. The number of aromatic nitrogens is 1. The maximum absolute atomic E-state index is 12.9. The van der Waals surface area contributed by atoms with Gasteiger partial charge in [0.25, 0.3) is 5.91 Å². The maximum Gasteiger partial charge on any atom is 0.258 e. The van der Waals surface area contributed by atoms with Crippen LogP contribution in [0.3, 0.4) is 0 Å². The number of thiophene rings is 1. The van der Waals surface area contributed by atoms with Gasteiger partial charge in [-0.2, -0.15) is 0 Å². The zero-order valence-electron chi connectivity index (χ0n) is 14.7. The Morgan fingerprint density at radius 2 is 1.93 bits per heavy atom. The first kappa shape index (κ1) is 17.2. The Morgan fingerprint density at radius 1 is 1.15 bits per heavy atom. The molecule has 3 aromatic rings. The number of rotatable bonds is 5.